The van der Waals surface area contributed by atoms with E-state index in [1.807, 2.05) is 31.2 Å². The van der Waals surface area contributed by atoms with Gasteiger partial charge in [-0.3, -0.25) is 4.79 Å². The summed E-state index contributed by atoms with van der Waals surface area (Å²) in [5.41, 5.74) is 2.36. The Morgan fingerprint density at radius 1 is 1.29 bits per heavy atom. The largest absolute Gasteiger partial charge is 0.476 e. The highest BCUT2D eigenvalue weighted by Gasteiger charge is 2.30. The van der Waals surface area contributed by atoms with E-state index in [9.17, 15) is 14.7 Å². The van der Waals surface area contributed by atoms with Gasteiger partial charge in [-0.15, -0.1) is 0 Å². The number of carbonyl (C=O) groups excluding carboxylic acids is 1. The fourth-order valence-electron chi connectivity index (χ4n) is 2.97. The van der Waals surface area contributed by atoms with E-state index in [4.69, 9.17) is 0 Å². The van der Waals surface area contributed by atoms with Crippen LogP contribution in [0.2, 0.25) is 0 Å². The van der Waals surface area contributed by atoms with E-state index < -0.39 is 5.97 Å². The van der Waals surface area contributed by atoms with E-state index in [-0.39, 0.29) is 11.6 Å². The lowest BCUT2D eigenvalue weighted by molar-refractivity contribution is -0.132. The maximum atomic E-state index is 12.1. The summed E-state index contributed by atoms with van der Waals surface area (Å²) < 4.78 is 2.63. The molecule has 0 fully saturated rings. The molecule has 1 N–H and O–H groups in total. The van der Waals surface area contributed by atoms with Gasteiger partial charge in [0.05, 0.1) is 11.4 Å². The molecule has 0 aliphatic carbocycles. The molecule has 2 aromatic rings. The molecule has 6 nitrogen and oxygen atoms in total. The van der Waals surface area contributed by atoms with Gasteiger partial charge in [0.25, 0.3) is 0 Å². The van der Waals surface area contributed by atoms with Crippen LogP contribution in [0.3, 0.4) is 0 Å². The maximum Gasteiger partial charge on any atom is 0.356 e. The minimum absolute atomic E-state index is 0.0296. The van der Waals surface area contributed by atoms with Crippen LogP contribution in [0, 0.1) is 0 Å². The summed E-state index contributed by atoms with van der Waals surface area (Å²) in [6.45, 7) is 2.86. The molecule has 0 atom stereocenters. The summed E-state index contributed by atoms with van der Waals surface area (Å²) in [4.78, 5) is 25.5. The number of carboxylic acids is 1. The van der Waals surface area contributed by atoms with E-state index in [1.54, 1.807) is 9.58 Å². The predicted octanol–water partition coefficient (Wildman–Crippen LogP) is 3.02. The number of hydrogen-bond donors (Lipinski definition) is 1. The van der Waals surface area contributed by atoms with Crippen LogP contribution in [0.25, 0.3) is 5.69 Å². The van der Waals surface area contributed by atoms with Gasteiger partial charge in [0, 0.05) is 36.0 Å². The summed E-state index contributed by atoms with van der Waals surface area (Å²) in [5, 5.41) is 13.8. The van der Waals surface area contributed by atoms with Gasteiger partial charge in [-0.2, -0.15) is 5.10 Å². The summed E-state index contributed by atoms with van der Waals surface area (Å²) in [6.07, 6.45) is 1.87. The standard InChI is InChI=1S/C17H18BrN3O3/c1-2-3-15(22)20-9-8-14-13(10-20)16(17(23)24)19-21(14)12-6-4-11(18)5-7-12/h4-7H,2-3,8-10H2,1H3,(H,23,24). The quantitative estimate of drug-likeness (QED) is 0.868. The third-order valence-corrected chi connectivity index (χ3v) is 4.68. The molecule has 0 spiro atoms. The summed E-state index contributed by atoms with van der Waals surface area (Å²) in [5.74, 6) is -0.997. The topological polar surface area (TPSA) is 75.4 Å². The molecule has 0 unspecified atom stereocenters. The lowest BCUT2D eigenvalue weighted by Crippen LogP contribution is -2.36. The number of carbonyl (C=O) groups is 2. The van der Waals surface area contributed by atoms with E-state index in [0.717, 1.165) is 22.3 Å². The Balaban J connectivity index is 2.01. The van der Waals surface area contributed by atoms with Gasteiger partial charge in [-0.25, -0.2) is 9.48 Å². The second kappa shape index (κ2) is 6.76. The van der Waals surface area contributed by atoms with Crippen LogP contribution in [-0.2, 0) is 17.8 Å². The van der Waals surface area contributed by atoms with Crippen LogP contribution < -0.4 is 0 Å². The molecule has 1 amide bonds. The van der Waals surface area contributed by atoms with E-state index >= 15 is 0 Å². The molecule has 0 bridgehead atoms. The minimum Gasteiger partial charge on any atom is -0.476 e. The van der Waals surface area contributed by atoms with Gasteiger partial charge in [0.15, 0.2) is 5.69 Å². The Bertz CT molecular complexity index is 783. The number of nitrogens with zero attached hydrogens (tertiary/aromatic N) is 3. The van der Waals surface area contributed by atoms with Gasteiger partial charge >= 0.3 is 5.97 Å². The molecule has 0 saturated carbocycles. The number of hydrogen-bond acceptors (Lipinski definition) is 3. The number of halogens is 1. The van der Waals surface area contributed by atoms with Crippen LogP contribution in [0.15, 0.2) is 28.7 Å². The molecule has 0 radical (unpaired) electrons. The first-order valence-corrected chi connectivity index (χ1v) is 8.68. The molecule has 7 heteroatoms. The summed E-state index contributed by atoms with van der Waals surface area (Å²) >= 11 is 3.39. The van der Waals surface area contributed by atoms with Crippen molar-refractivity contribution in [2.24, 2.45) is 0 Å². The number of amides is 1. The van der Waals surface area contributed by atoms with Crippen LogP contribution >= 0.6 is 15.9 Å². The fraction of sp³-hybridized carbons (Fsp3) is 0.353. The smallest absolute Gasteiger partial charge is 0.356 e. The average molecular weight is 392 g/mol. The third kappa shape index (κ3) is 3.08. The van der Waals surface area contributed by atoms with Crippen molar-refractivity contribution >= 4 is 27.8 Å². The van der Waals surface area contributed by atoms with Gasteiger partial charge in [0.1, 0.15) is 0 Å². The van der Waals surface area contributed by atoms with Crippen LogP contribution in [0.1, 0.15) is 41.5 Å². The average Bonchev–Trinajstić information content (AvgIpc) is 2.95. The molecule has 126 valence electrons. The molecule has 24 heavy (non-hydrogen) atoms. The Labute approximate surface area is 148 Å². The molecular formula is C17H18BrN3O3. The Morgan fingerprint density at radius 3 is 2.62 bits per heavy atom. The zero-order valence-electron chi connectivity index (χ0n) is 13.3. The number of carboxylic acid groups (broad SMARTS) is 1. The van der Waals surface area contributed by atoms with Crippen LogP contribution in [-0.4, -0.2) is 38.2 Å². The fourth-order valence-corrected chi connectivity index (χ4v) is 3.24. The number of rotatable bonds is 4. The van der Waals surface area contributed by atoms with Gasteiger partial charge in [-0.05, 0) is 30.7 Å². The van der Waals surface area contributed by atoms with Crippen LogP contribution in [0.5, 0.6) is 0 Å². The molecule has 1 aliphatic heterocycles. The summed E-state index contributed by atoms with van der Waals surface area (Å²) in [6, 6.07) is 7.56. The maximum absolute atomic E-state index is 12.1. The number of aromatic nitrogens is 2. The highest BCUT2D eigenvalue weighted by molar-refractivity contribution is 9.10. The molecule has 1 aromatic carbocycles. The van der Waals surface area contributed by atoms with Gasteiger partial charge in [0.2, 0.25) is 5.91 Å². The van der Waals surface area contributed by atoms with Crippen molar-refractivity contribution in [1.29, 1.82) is 0 Å². The van der Waals surface area contributed by atoms with Crippen LogP contribution in [0.4, 0.5) is 0 Å². The van der Waals surface area contributed by atoms with E-state index in [2.05, 4.69) is 21.0 Å². The Morgan fingerprint density at radius 2 is 2.00 bits per heavy atom. The SMILES string of the molecule is CCCC(=O)N1CCc2c(c(C(=O)O)nn2-c2ccc(Br)cc2)C1. The second-order valence-electron chi connectivity index (χ2n) is 5.78. The number of benzene rings is 1. The minimum atomic E-state index is -1.06. The first kappa shape index (κ1) is 16.7. The van der Waals surface area contributed by atoms with Crippen molar-refractivity contribution in [2.75, 3.05) is 6.54 Å². The number of fused-ring (bicyclic) bond motifs is 1. The van der Waals surface area contributed by atoms with Crippen molar-refractivity contribution in [2.45, 2.75) is 32.7 Å². The Kier molecular flexibility index (Phi) is 4.71. The van der Waals surface area contributed by atoms with Crippen molar-refractivity contribution < 1.29 is 14.7 Å². The number of aromatic carboxylic acids is 1. The van der Waals surface area contributed by atoms with Crippen molar-refractivity contribution in [3.63, 3.8) is 0 Å². The highest BCUT2D eigenvalue weighted by atomic mass is 79.9. The lowest BCUT2D eigenvalue weighted by atomic mass is 10.0. The van der Waals surface area contributed by atoms with E-state index in [0.29, 0.717) is 31.5 Å². The molecule has 0 saturated heterocycles. The molecule has 2 heterocycles. The van der Waals surface area contributed by atoms with Crippen molar-refractivity contribution in [3.8, 4) is 5.69 Å². The predicted molar refractivity (Wildman–Crippen MR) is 92.3 cm³/mol. The first-order valence-electron chi connectivity index (χ1n) is 7.89. The molecular weight excluding hydrogens is 374 g/mol. The van der Waals surface area contributed by atoms with Crippen molar-refractivity contribution in [1.82, 2.24) is 14.7 Å². The second-order valence-corrected chi connectivity index (χ2v) is 6.70. The molecule has 1 aliphatic rings. The van der Waals surface area contributed by atoms with E-state index in [1.165, 1.54) is 0 Å². The van der Waals surface area contributed by atoms with Gasteiger partial charge in [-0.1, -0.05) is 22.9 Å². The third-order valence-electron chi connectivity index (χ3n) is 4.15. The Hall–Kier alpha value is -2.15. The molecule has 3 rings (SSSR count). The highest BCUT2D eigenvalue weighted by Crippen LogP contribution is 2.26. The normalized spacial score (nSPS) is 13.7. The first-order chi connectivity index (χ1) is 11.5. The molecule has 1 aromatic heterocycles. The van der Waals surface area contributed by atoms with Gasteiger partial charge < -0.3 is 10.0 Å². The zero-order valence-corrected chi connectivity index (χ0v) is 14.9. The van der Waals surface area contributed by atoms with Crippen molar-refractivity contribution in [3.05, 3.63) is 45.7 Å². The zero-order chi connectivity index (χ0) is 17.3. The summed E-state index contributed by atoms with van der Waals surface area (Å²) in [7, 11) is 0. The monoisotopic (exact) mass is 391 g/mol. The lowest BCUT2D eigenvalue weighted by Gasteiger charge is -2.27.